The zero-order chi connectivity index (χ0) is 11.1. The SMILES string of the molecule is CC.CNc1cc(Br)ccc1[N+](=O)[O-]. The quantitative estimate of drug-likeness (QED) is 0.655. The van der Waals surface area contributed by atoms with Gasteiger partial charge in [0, 0.05) is 17.6 Å². The minimum atomic E-state index is -0.418. The zero-order valence-electron chi connectivity index (χ0n) is 8.37. The number of nitro benzene ring substituents is 1. The van der Waals surface area contributed by atoms with E-state index in [1.807, 2.05) is 13.8 Å². The van der Waals surface area contributed by atoms with Gasteiger partial charge in [-0.25, -0.2) is 0 Å². The predicted molar refractivity (Wildman–Crippen MR) is 61.7 cm³/mol. The molecule has 0 spiro atoms. The van der Waals surface area contributed by atoms with E-state index in [0.29, 0.717) is 5.69 Å². The number of hydrogen-bond donors (Lipinski definition) is 1. The highest BCUT2D eigenvalue weighted by molar-refractivity contribution is 9.10. The first-order valence-corrected chi connectivity index (χ1v) is 5.06. The maximum absolute atomic E-state index is 10.4. The zero-order valence-corrected chi connectivity index (χ0v) is 9.96. The summed E-state index contributed by atoms with van der Waals surface area (Å²) >= 11 is 3.22. The fourth-order valence-corrected chi connectivity index (χ4v) is 1.23. The Hall–Kier alpha value is -1.10. The summed E-state index contributed by atoms with van der Waals surface area (Å²) in [5.74, 6) is 0. The van der Waals surface area contributed by atoms with Crippen molar-refractivity contribution in [2.45, 2.75) is 13.8 Å². The number of nitro groups is 1. The van der Waals surface area contributed by atoms with Crippen molar-refractivity contribution in [1.82, 2.24) is 0 Å². The molecule has 0 aliphatic carbocycles. The Kier molecular flexibility index (Phi) is 5.87. The summed E-state index contributed by atoms with van der Waals surface area (Å²) in [6, 6.07) is 4.76. The molecule has 4 nitrogen and oxygen atoms in total. The molecule has 0 unspecified atom stereocenters. The molecule has 1 rings (SSSR count). The van der Waals surface area contributed by atoms with Crippen molar-refractivity contribution in [3.63, 3.8) is 0 Å². The second-order valence-corrected chi connectivity index (χ2v) is 3.08. The Morgan fingerprint density at radius 2 is 2.00 bits per heavy atom. The molecule has 0 amide bonds. The van der Waals surface area contributed by atoms with E-state index in [2.05, 4.69) is 21.2 Å². The molecule has 0 aliphatic rings. The Bertz CT molecular complexity index is 316. The van der Waals surface area contributed by atoms with Crippen LogP contribution in [0.4, 0.5) is 11.4 Å². The summed E-state index contributed by atoms with van der Waals surface area (Å²) < 4.78 is 0.817. The summed E-state index contributed by atoms with van der Waals surface area (Å²) in [4.78, 5) is 10.0. The minimum Gasteiger partial charge on any atom is -0.383 e. The molecule has 0 heterocycles. The maximum Gasteiger partial charge on any atom is 0.292 e. The van der Waals surface area contributed by atoms with Gasteiger partial charge < -0.3 is 5.32 Å². The normalized spacial score (nSPS) is 8.57. The molecule has 0 bridgehead atoms. The van der Waals surface area contributed by atoms with E-state index in [9.17, 15) is 10.1 Å². The third-order valence-corrected chi connectivity index (χ3v) is 1.92. The van der Waals surface area contributed by atoms with Crippen molar-refractivity contribution in [2.24, 2.45) is 0 Å². The van der Waals surface area contributed by atoms with E-state index in [1.54, 1.807) is 19.2 Å². The standard InChI is InChI=1S/C7H7BrN2O2.C2H6/c1-9-6-4-5(8)2-3-7(6)10(11)12;1-2/h2-4,9H,1H3;1-2H3. The molecule has 1 aromatic rings. The van der Waals surface area contributed by atoms with E-state index in [0.717, 1.165) is 4.47 Å². The molecule has 78 valence electrons. The van der Waals surface area contributed by atoms with Crippen LogP contribution in [0.2, 0.25) is 0 Å². The van der Waals surface area contributed by atoms with E-state index >= 15 is 0 Å². The number of halogens is 1. The van der Waals surface area contributed by atoms with Crippen LogP contribution in [0.3, 0.4) is 0 Å². The summed E-state index contributed by atoms with van der Waals surface area (Å²) in [7, 11) is 1.65. The highest BCUT2D eigenvalue weighted by Crippen LogP contribution is 2.26. The molecule has 0 aromatic heterocycles. The molecule has 0 atom stereocenters. The average molecular weight is 261 g/mol. The molecule has 1 aromatic carbocycles. The molecule has 5 heteroatoms. The Labute approximate surface area is 91.6 Å². The van der Waals surface area contributed by atoms with Crippen LogP contribution in [0.25, 0.3) is 0 Å². The van der Waals surface area contributed by atoms with Crippen LogP contribution in [0.5, 0.6) is 0 Å². The van der Waals surface area contributed by atoms with Gasteiger partial charge in [-0.2, -0.15) is 0 Å². The summed E-state index contributed by atoms with van der Waals surface area (Å²) in [5, 5.41) is 13.2. The van der Waals surface area contributed by atoms with Crippen LogP contribution in [0.15, 0.2) is 22.7 Å². The van der Waals surface area contributed by atoms with Crippen molar-refractivity contribution < 1.29 is 4.92 Å². The summed E-state index contributed by atoms with van der Waals surface area (Å²) in [5.41, 5.74) is 0.593. The summed E-state index contributed by atoms with van der Waals surface area (Å²) in [6.45, 7) is 4.00. The van der Waals surface area contributed by atoms with Gasteiger partial charge in [0.25, 0.3) is 5.69 Å². The maximum atomic E-state index is 10.4. The van der Waals surface area contributed by atoms with E-state index in [-0.39, 0.29) is 5.69 Å². The number of benzene rings is 1. The molecule has 0 aliphatic heterocycles. The molecule has 0 fully saturated rings. The van der Waals surface area contributed by atoms with Gasteiger partial charge in [0.15, 0.2) is 0 Å². The lowest BCUT2D eigenvalue weighted by Crippen LogP contribution is -1.95. The molecule has 0 radical (unpaired) electrons. The number of hydrogen-bond acceptors (Lipinski definition) is 3. The van der Waals surface area contributed by atoms with Crippen LogP contribution >= 0.6 is 15.9 Å². The molecular weight excluding hydrogens is 248 g/mol. The second kappa shape index (κ2) is 6.37. The number of rotatable bonds is 2. The van der Waals surface area contributed by atoms with Gasteiger partial charge in [-0.15, -0.1) is 0 Å². The van der Waals surface area contributed by atoms with Crippen molar-refractivity contribution >= 4 is 27.3 Å². The fourth-order valence-electron chi connectivity index (χ4n) is 0.868. The first kappa shape index (κ1) is 12.9. The fraction of sp³-hybridized carbons (Fsp3) is 0.333. The molecular formula is C9H13BrN2O2. The van der Waals surface area contributed by atoms with Gasteiger partial charge in [0.05, 0.1) is 4.92 Å². The van der Waals surface area contributed by atoms with Crippen molar-refractivity contribution in [2.75, 3.05) is 12.4 Å². The van der Waals surface area contributed by atoms with E-state index in [1.165, 1.54) is 6.07 Å². The molecule has 14 heavy (non-hydrogen) atoms. The topological polar surface area (TPSA) is 55.2 Å². The first-order valence-electron chi connectivity index (χ1n) is 4.27. The van der Waals surface area contributed by atoms with Crippen molar-refractivity contribution in [3.05, 3.63) is 32.8 Å². The Morgan fingerprint density at radius 3 is 2.43 bits per heavy atom. The van der Waals surface area contributed by atoms with Gasteiger partial charge in [0.1, 0.15) is 5.69 Å². The number of anilines is 1. The summed E-state index contributed by atoms with van der Waals surface area (Å²) in [6.07, 6.45) is 0. The second-order valence-electron chi connectivity index (χ2n) is 2.17. The van der Waals surface area contributed by atoms with Crippen LogP contribution in [-0.4, -0.2) is 12.0 Å². The van der Waals surface area contributed by atoms with Crippen LogP contribution < -0.4 is 5.32 Å². The Morgan fingerprint density at radius 1 is 1.43 bits per heavy atom. The lowest BCUT2D eigenvalue weighted by Gasteiger charge is -2.01. The van der Waals surface area contributed by atoms with Crippen LogP contribution in [-0.2, 0) is 0 Å². The van der Waals surface area contributed by atoms with E-state index < -0.39 is 4.92 Å². The lowest BCUT2D eigenvalue weighted by atomic mass is 10.3. The van der Waals surface area contributed by atoms with Gasteiger partial charge in [-0.1, -0.05) is 29.8 Å². The third kappa shape index (κ3) is 3.33. The lowest BCUT2D eigenvalue weighted by molar-refractivity contribution is -0.383. The van der Waals surface area contributed by atoms with E-state index in [4.69, 9.17) is 0 Å². The molecule has 1 N–H and O–H groups in total. The highest BCUT2D eigenvalue weighted by atomic mass is 79.9. The average Bonchev–Trinajstić information content (AvgIpc) is 2.20. The number of nitrogens with zero attached hydrogens (tertiary/aromatic N) is 1. The van der Waals surface area contributed by atoms with Gasteiger partial charge in [-0.05, 0) is 12.1 Å². The van der Waals surface area contributed by atoms with Crippen molar-refractivity contribution in [1.29, 1.82) is 0 Å². The molecule has 0 saturated heterocycles. The minimum absolute atomic E-state index is 0.0840. The third-order valence-electron chi connectivity index (χ3n) is 1.42. The first-order chi connectivity index (χ1) is 6.65. The van der Waals surface area contributed by atoms with Gasteiger partial charge in [0.2, 0.25) is 0 Å². The largest absolute Gasteiger partial charge is 0.383 e. The molecule has 0 saturated carbocycles. The van der Waals surface area contributed by atoms with Crippen LogP contribution in [0, 0.1) is 10.1 Å². The van der Waals surface area contributed by atoms with Gasteiger partial charge >= 0.3 is 0 Å². The van der Waals surface area contributed by atoms with Crippen LogP contribution in [0.1, 0.15) is 13.8 Å². The highest BCUT2D eigenvalue weighted by Gasteiger charge is 2.11. The number of nitrogens with one attached hydrogen (secondary N) is 1. The monoisotopic (exact) mass is 260 g/mol. The Balaban J connectivity index is 0.000000791. The van der Waals surface area contributed by atoms with Crippen molar-refractivity contribution in [3.8, 4) is 0 Å². The predicted octanol–water partition coefficient (Wildman–Crippen LogP) is 3.43. The van der Waals surface area contributed by atoms with Gasteiger partial charge in [-0.3, -0.25) is 10.1 Å². The smallest absolute Gasteiger partial charge is 0.292 e.